The summed E-state index contributed by atoms with van der Waals surface area (Å²) in [6.07, 6.45) is -0.500. The molecule has 13 heavy (non-hydrogen) atoms. The van der Waals surface area contributed by atoms with Gasteiger partial charge in [-0.15, -0.1) is 0 Å². The van der Waals surface area contributed by atoms with Crippen LogP contribution >= 0.6 is 34.2 Å². The van der Waals surface area contributed by atoms with E-state index in [1.54, 1.807) is 12.1 Å². The monoisotopic (exact) mass is 311 g/mol. The molecule has 1 aromatic carbocycles. The summed E-state index contributed by atoms with van der Waals surface area (Å²) in [5.74, 6) is 0. The predicted octanol–water partition coefficient (Wildman–Crippen LogP) is 3.12. The van der Waals surface area contributed by atoms with Gasteiger partial charge in [-0.25, -0.2) is 4.79 Å². The van der Waals surface area contributed by atoms with Gasteiger partial charge >= 0.3 is 6.09 Å². The molecule has 0 saturated heterocycles. The molecule has 0 aliphatic rings. The molecule has 0 spiro atoms. The van der Waals surface area contributed by atoms with Crippen LogP contribution in [0.1, 0.15) is 0 Å². The first-order chi connectivity index (χ1) is 6.13. The first-order valence-corrected chi connectivity index (χ1v) is 4.89. The van der Waals surface area contributed by atoms with Crippen molar-refractivity contribution in [3.63, 3.8) is 0 Å². The molecule has 0 bridgehead atoms. The van der Waals surface area contributed by atoms with Gasteiger partial charge in [0.25, 0.3) is 0 Å². The molecule has 1 amide bonds. The topological polar surface area (TPSA) is 38.3 Å². The van der Waals surface area contributed by atoms with Gasteiger partial charge in [0.2, 0.25) is 0 Å². The molecule has 1 N–H and O–H groups in total. The third-order valence-corrected chi connectivity index (χ3v) is 2.53. The lowest BCUT2D eigenvalue weighted by atomic mass is 10.3. The van der Waals surface area contributed by atoms with Crippen LogP contribution in [0.15, 0.2) is 18.2 Å². The molecule has 0 aliphatic carbocycles. The van der Waals surface area contributed by atoms with Gasteiger partial charge in [-0.2, -0.15) is 0 Å². The Kier molecular flexibility index (Phi) is 3.80. The van der Waals surface area contributed by atoms with Crippen molar-refractivity contribution in [2.45, 2.75) is 0 Å². The van der Waals surface area contributed by atoms with Crippen molar-refractivity contribution >= 4 is 46.0 Å². The Morgan fingerprint density at radius 2 is 2.31 bits per heavy atom. The highest BCUT2D eigenvalue weighted by Crippen LogP contribution is 2.22. The van der Waals surface area contributed by atoms with Gasteiger partial charge in [-0.3, -0.25) is 5.32 Å². The van der Waals surface area contributed by atoms with Gasteiger partial charge in [0, 0.05) is 8.59 Å². The second kappa shape index (κ2) is 4.66. The molecular formula is C8H7ClINO2. The van der Waals surface area contributed by atoms with Gasteiger partial charge in [0.1, 0.15) is 0 Å². The number of rotatable bonds is 1. The first kappa shape index (κ1) is 10.6. The number of benzene rings is 1. The number of ether oxygens (including phenoxy) is 1. The van der Waals surface area contributed by atoms with Crippen LogP contribution in [0.5, 0.6) is 0 Å². The molecule has 0 aliphatic heterocycles. The molecule has 5 heteroatoms. The highest BCUT2D eigenvalue weighted by atomic mass is 127. The molecule has 0 fully saturated rings. The van der Waals surface area contributed by atoms with Crippen molar-refractivity contribution < 1.29 is 9.53 Å². The molecule has 0 heterocycles. The Labute approximate surface area is 94.6 Å². The van der Waals surface area contributed by atoms with Crippen molar-refractivity contribution in [3.05, 3.63) is 26.8 Å². The van der Waals surface area contributed by atoms with E-state index in [9.17, 15) is 4.79 Å². The fourth-order valence-electron chi connectivity index (χ4n) is 0.754. The van der Waals surface area contributed by atoms with Crippen LogP contribution < -0.4 is 5.32 Å². The largest absolute Gasteiger partial charge is 0.453 e. The van der Waals surface area contributed by atoms with E-state index >= 15 is 0 Å². The number of methoxy groups -OCH3 is 1. The predicted molar refractivity (Wildman–Crippen MR) is 60.2 cm³/mol. The maximum Gasteiger partial charge on any atom is 0.411 e. The van der Waals surface area contributed by atoms with E-state index in [1.807, 2.05) is 6.07 Å². The fourth-order valence-corrected chi connectivity index (χ4v) is 1.40. The van der Waals surface area contributed by atoms with E-state index in [0.717, 1.165) is 3.57 Å². The SMILES string of the molecule is COC(=O)Nc1cc(Cl)ccc1I. The summed E-state index contributed by atoms with van der Waals surface area (Å²) in [6, 6.07) is 5.24. The number of carbonyl (C=O) groups is 1. The minimum absolute atomic E-state index is 0.500. The van der Waals surface area contributed by atoms with Gasteiger partial charge < -0.3 is 4.74 Å². The summed E-state index contributed by atoms with van der Waals surface area (Å²) in [7, 11) is 1.31. The lowest BCUT2D eigenvalue weighted by Crippen LogP contribution is -2.11. The molecule has 0 unspecified atom stereocenters. The van der Waals surface area contributed by atoms with Crippen molar-refractivity contribution in [2.75, 3.05) is 12.4 Å². The van der Waals surface area contributed by atoms with E-state index in [-0.39, 0.29) is 0 Å². The minimum atomic E-state index is -0.500. The number of anilines is 1. The number of amides is 1. The molecular weight excluding hydrogens is 304 g/mol. The number of nitrogens with one attached hydrogen (secondary N) is 1. The first-order valence-electron chi connectivity index (χ1n) is 3.43. The standard InChI is InChI=1S/C8H7ClINO2/c1-13-8(12)11-7-4-5(9)2-3-6(7)10/h2-4H,1H3,(H,11,12). The summed E-state index contributed by atoms with van der Waals surface area (Å²) in [4.78, 5) is 10.9. The molecule has 0 saturated carbocycles. The normalized spacial score (nSPS) is 9.46. The highest BCUT2D eigenvalue weighted by molar-refractivity contribution is 14.1. The average Bonchev–Trinajstić information content (AvgIpc) is 2.11. The summed E-state index contributed by atoms with van der Waals surface area (Å²) < 4.78 is 5.36. The second-order valence-electron chi connectivity index (χ2n) is 2.24. The number of carbonyl (C=O) groups excluding carboxylic acids is 1. The Bertz CT molecular complexity index is 330. The zero-order chi connectivity index (χ0) is 9.84. The van der Waals surface area contributed by atoms with E-state index in [0.29, 0.717) is 10.7 Å². The summed E-state index contributed by atoms with van der Waals surface area (Å²) in [5.41, 5.74) is 0.653. The zero-order valence-corrected chi connectivity index (χ0v) is 9.72. The lowest BCUT2D eigenvalue weighted by Gasteiger charge is -2.05. The van der Waals surface area contributed by atoms with Gasteiger partial charge in [-0.1, -0.05) is 11.6 Å². The van der Waals surface area contributed by atoms with Crippen molar-refractivity contribution in [1.82, 2.24) is 0 Å². The zero-order valence-electron chi connectivity index (χ0n) is 6.80. The Morgan fingerprint density at radius 1 is 1.62 bits per heavy atom. The van der Waals surface area contributed by atoms with E-state index in [4.69, 9.17) is 11.6 Å². The van der Waals surface area contributed by atoms with Crippen LogP contribution in [0.2, 0.25) is 5.02 Å². The number of halogens is 2. The van der Waals surface area contributed by atoms with Crippen molar-refractivity contribution in [1.29, 1.82) is 0 Å². The quantitative estimate of drug-likeness (QED) is 0.809. The van der Waals surface area contributed by atoms with E-state index in [2.05, 4.69) is 32.6 Å². The average molecular weight is 312 g/mol. The van der Waals surface area contributed by atoms with Gasteiger partial charge in [-0.05, 0) is 40.8 Å². The number of hydrogen-bond acceptors (Lipinski definition) is 2. The van der Waals surface area contributed by atoms with Crippen LogP contribution in [-0.2, 0) is 4.74 Å². The fraction of sp³-hybridized carbons (Fsp3) is 0.125. The van der Waals surface area contributed by atoms with Crippen LogP contribution in [0.25, 0.3) is 0 Å². The smallest absolute Gasteiger partial charge is 0.411 e. The lowest BCUT2D eigenvalue weighted by molar-refractivity contribution is 0.187. The van der Waals surface area contributed by atoms with Crippen molar-refractivity contribution in [3.8, 4) is 0 Å². The van der Waals surface area contributed by atoms with E-state index < -0.39 is 6.09 Å². The molecule has 0 aromatic heterocycles. The van der Waals surface area contributed by atoms with E-state index in [1.165, 1.54) is 7.11 Å². The molecule has 1 aromatic rings. The van der Waals surface area contributed by atoms with Crippen LogP contribution in [0, 0.1) is 3.57 Å². The molecule has 70 valence electrons. The van der Waals surface area contributed by atoms with Gasteiger partial charge in [0.15, 0.2) is 0 Å². The summed E-state index contributed by atoms with van der Waals surface area (Å²) >= 11 is 7.85. The third kappa shape index (κ3) is 3.04. The van der Waals surface area contributed by atoms with Crippen LogP contribution in [0.3, 0.4) is 0 Å². The number of hydrogen-bond donors (Lipinski definition) is 1. The van der Waals surface area contributed by atoms with Crippen molar-refractivity contribution in [2.24, 2.45) is 0 Å². The summed E-state index contributed by atoms with van der Waals surface area (Å²) in [5, 5.41) is 3.12. The third-order valence-electron chi connectivity index (χ3n) is 1.35. The Hall–Kier alpha value is -0.490. The minimum Gasteiger partial charge on any atom is -0.453 e. The van der Waals surface area contributed by atoms with Crippen LogP contribution in [0.4, 0.5) is 10.5 Å². The maximum absolute atomic E-state index is 10.9. The molecule has 3 nitrogen and oxygen atoms in total. The molecule has 1 rings (SSSR count). The van der Waals surface area contributed by atoms with Gasteiger partial charge in [0.05, 0.1) is 12.8 Å². The molecule has 0 atom stereocenters. The second-order valence-corrected chi connectivity index (χ2v) is 3.84. The summed E-state index contributed by atoms with van der Waals surface area (Å²) in [6.45, 7) is 0. The Morgan fingerprint density at radius 3 is 2.92 bits per heavy atom. The highest BCUT2D eigenvalue weighted by Gasteiger charge is 2.04. The molecule has 0 radical (unpaired) electrons. The van der Waals surface area contributed by atoms with Crippen LogP contribution in [-0.4, -0.2) is 13.2 Å². The Balaban J connectivity index is 2.87. The maximum atomic E-state index is 10.9.